The summed E-state index contributed by atoms with van der Waals surface area (Å²) in [6.45, 7) is 7.52. The first kappa shape index (κ1) is 9.05. The predicted molar refractivity (Wildman–Crippen MR) is 55.0 cm³/mol. The van der Waals surface area contributed by atoms with Crippen LogP contribution in [0.1, 0.15) is 25.7 Å². The third-order valence-electron chi connectivity index (χ3n) is 2.14. The van der Waals surface area contributed by atoms with Crippen molar-refractivity contribution in [3.05, 3.63) is 48.6 Å². The molecule has 0 unspecified atom stereocenters. The first-order valence-corrected chi connectivity index (χ1v) is 4.47. The zero-order valence-corrected chi connectivity index (χ0v) is 7.55. The topological polar surface area (TPSA) is 0 Å². The van der Waals surface area contributed by atoms with E-state index in [1.807, 2.05) is 12.2 Å². The molecule has 0 spiro atoms. The van der Waals surface area contributed by atoms with Gasteiger partial charge in [-0.3, -0.25) is 0 Å². The van der Waals surface area contributed by atoms with E-state index in [9.17, 15) is 0 Å². The van der Waals surface area contributed by atoms with Gasteiger partial charge in [-0.05, 0) is 31.3 Å². The van der Waals surface area contributed by atoms with Crippen LogP contribution in [0.4, 0.5) is 0 Å². The van der Waals surface area contributed by atoms with Crippen molar-refractivity contribution in [1.82, 2.24) is 0 Å². The van der Waals surface area contributed by atoms with Crippen molar-refractivity contribution in [3.63, 3.8) is 0 Å². The molecule has 0 heterocycles. The molecule has 0 radical (unpaired) electrons. The van der Waals surface area contributed by atoms with Gasteiger partial charge in [0.05, 0.1) is 0 Å². The maximum Gasteiger partial charge on any atom is -0.0101 e. The second-order valence-corrected chi connectivity index (χ2v) is 3.06. The molecule has 0 bridgehead atoms. The third-order valence-corrected chi connectivity index (χ3v) is 2.14. The van der Waals surface area contributed by atoms with Gasteiger partial charge in [-0.25, -0.2) is 0 Å². The first-order valence-electron chi connectivity index (χ1n) is 4.47. The van der Waals surface area contributed by atoms with E-state index in [4.69, 9.17) is 0 Å². The van der Waals surface area contributed by atoms with E-state index in [0.29, 0.717) is 0 Å². The summed E-state index contributed by atoms with van der Waals surface area (Å²) in [5.41, 5.74) is 2.98. The SMILES string of the molecule is C=CCC1=C(CC=C)CCC=C1. The van der Waals surface area contributed by atoms with Crippen molar-refractivity contribution >= 4 is 0 Å². The summed E-state index contributed by atoms with van der Waals surface area (Å²) >= 11 is 0. The van der Waals surface area contributed by atoms with Gasteiger partial charge in [-0.1, -0.05) is 29.9 Å². The standard InChI is InChI=1S/C12H16/c1-3-7-11-9-5-6-10-12(11)8-4-2/h3-5,9H,1-2,6-8,10H2. The Bertz CT molecular complexity index is 228. The van der Waals surface area contributed by atoms with E-state index in [-0.39, 0.29) is 0 Å². The normalized spacial score (nSPS) is 16.3. The average molecular weight is 160 g/mol. The highest BCUT2D eigenvalue weighted by atomic mass is 14.1. The summed E-state index contributed by atoms with van der Waals surface area (Å²) in [6, 6.07) is 0. The van der Waals surface area contributed by atoms with Gasteiger partial charge >= 0.3 is 0 Å². The summed E-state index contributed by atoms with van der Waals surface area (Å²) < 4.78 is 0. The van der Waals surface area contributed by atoms with Crippen LogP contribution in [0.3, 0.4) is 0 Å². The summed E-state index contributed by atoms with van der Waals surface area (Å²) in [6.07, 6.45) is 12.8. The van der Waals surface area contributed by atoms with Gasteiger partial charge in [-0.2, -0.15) is 0 Å². The van der Waals surface area contributed by atoms with Crippen LogP contribution in [0.2, 0.25) is 0 Å². The van der Waals surface area contributed by atoms with E-state index in [2.05, 4.69) is 25.3 Å². The second kappa shape index (κ2) is 4.76. The van der Waals surface area contributed by atoms with Crippen LogP contribution in [0.5, 0.6) is 0 Å². The highest BCUT2D eigenvalue weighted by Crippen LogP contribution is 2.24. The zero-order valence-electron chi connectivity index (χ0n) is 7.55. The summed E-state index contributed by atoms with van der Waals surface area (Å²) in [5, 5.41) is 0. The highest BCUT2D eigenvalue weighted by Gasteiger charge is 2.04. The predicted octanol–water partition coefficient (Wildman–Crippen LogP) is 3.79. The molecule has 0 aromatic rings. The van der Waals surface area contributed by atoms with Crippen LogP contribution in [-0.2, 0) is 0 Å². The van der Waals surface area contributed by atoms with Crippen LogP contribution in [0.25, 0.3) is 0 Å². The van der Waals surface area contributed by atoms with Crippen LogP contribution >= 0.6 is 0 Å². The lowest BCUT2D eigenvalue weighted by molar-refractivity contribution is 0.893. The molecule has 0 aromatic heterocycles. The Labute approximate surface area is 75.0 Å². The minimum Gasteiger partial charge on any atom is -0.103 e. The van der Waals surface area contributed by atoms with Crippen molar-refractivity contribution in [2.75, 3.05) is 0 Å². The molecule has 1 rings (SSSR count). The van der Waals surface area contributed by atoms with Crippen LogP contribution in [-0.4, -0.2) is 0 Å². The fraction of sp³-hybridized carbons (Fsp3) is 0.333. The lowest BCUT2D eigenvalue weighted by Gasteiger charge is -2.13. The van der Waals surface area contributed by atoms with E-state index >= 15 is 0 Å². The molecular weight excluding hydrogens is 144 g/mol. The van der Waals surface area contributed by atoms with Crippen LogP contribution < -0.4 is 0 Å². The molecule has 64 valence electrons. The number of rotatable bonds is 4. The number of hydrogen-bond donors (Lipinski definition) is 0. The molecule has 0 amide bonds. The molecule has 12 heavy (non-hydrogen) atoms. The minimum atomic E-state index is 1.000. The van der Waals surface area contributed by atoms with E-state index < -0.39 is 0 Å². The monoisotopic (exact) mass is 160 g/mol. The van der Waals surface area contributed by atoms with Crippen molar-refractivity contribution in [3.8, 4) is 0 Å². The Balaban J connectivity index is 2.75. The molecule has 0 aliphatic heterocycles. The van der Waals surface area contributed by atoms with Crippen molar-refractivity contribution in [2.45, 2.75) is 25.7 Å². The summed E-state index contributed by atoms with van der Waals surface area (Å²) in [7, 11) is 0. The van der Waals surface area contributed by atoms with Gasteiger partial charge in [0.15, 0.2) is 0 Å². The average Bonchev–Trinajstić information content (AvgIpc) is 2.09. The molecule has 0 N–H and O–H groups in total. The van der Waals surface area contributed by atoms with Gasteiger partial charge in [-0.15, -0.1) is 13.2 Å². The Hall–Kier alpha value is -1.04. The maximum absolute atomic E-state index is 3.77. The van der Waals surface area contributed by atoms with E-state index in [0.717, 1.165) is 12.8 Å². The van der Waals surface area contributed by atoms with Crippen molar-refractivity contribution in [2.24, 2.45) is 0 Å². The second-order valence-electron chi connectivity index (χ2n) is 3.06. The smallest absolute Gasteiger partial charge is 0.0101 e. The van der Waals surface area contributed by atoms with Gasteiger partial charge in [0.1, 0.15) is 0 Å². The maximum atomic E-state index is 3.77. The molecule has 0 atom stereocenters. The van der Waals surface area contributed by atoms with E-state index in [1.54, 1.807) is 0 Å². The summed E-state index contributed by atoms with van der Waals surface area (Å²) in [4.78, 5) is 0. The minimum absolute atomic E-state index is 1.000. The third kappa shape index (κ3) is 2.23. The Morgan fingerprint density at radius 1 is 1.25 bits per heavy atom. The van der Waals surface area contributed by atoms with Gasteiger partial charge < -0.3 is 0 Å². The molecule has 1 aliphatic carbocycles. The molecule has 0 saturated heterocycles. The van der Waals surface area contributed by atoms with E-state index in [1.165, 1.54) is 24.0 Å². The van der Waals surface area contributed by atoms with Crippen molar-refractivity contribution in [1.29, 1.82) is 0 Å². The molecule has 0 aromatic carbocycles. The Morgan fingerprint density at radius 3 is 2.67 bits per heavy atom. The first-order chi connectivity index (χ1) is 5.88. The molecule has 0 heteroatoms. The quantitative estimate of drug-likeness (QED) is 0.549. The molecular formula is C12H16. The fourth-order valence-corrected chi connectivity index (χ4v) is 1.54. The summed E-state index contributed by atoms with van der Waals surface area (Å²) in [5.74, 6) is 0. The Morgan fingerprint density at radius 2 is 2.00 bits per heavy atom. The number of hydrogen-bond acceptors (Lipinski definition) is 0. The van der Waals surface area contributed by atoms with Crippen molar-refractivity contribution < 1.29 is 0 Å². The lowest BCUT2D eigenvalue weighted by Crippen LogP contribution is -1.93. The molecule has 0 fully saturated rings. The molecule has 1 aliphatic rings. The van der Waals surface area contributed by atoms with Crippen LogP contribution in [0, 0.1) is 0 Å². The lowest BCUT2D eigenvalue weighted by atomic mass is 9.93. The largest absolute Gasteiger partial charge is 0.103 e. The Kier molecular flexibility index (Phi) is 3.59. The van der Waals surface area contributed by atoms with Gasteiger partial charge in [0.25, 0.3) is 0 Å². The highest BCUT2D eigenvalue weighted by molar-refractivity contribution is 5.32. The fourth-order valence-electron chi connectivity index (χ4n) is 1.54. The zero-order chi connectivity index (χ0) is 8.81. The van der Waals surface area contributed by atoms with Crippen LogP contribution in [0.15, 0.2) is 48.6 Å². The molecule has 0 nitrogen and oxygen atoms in total. The van der Waals surface area contributed by atoms with Gasteiger partial charge in [0, 0.05) is 0 Å². The number of allylic oxidation sites excluding steroid dienone is 6. The van der Waals surface area contributed by atoms with Gasteiger partial charge in [0.2, 0.25) is 0 Å². The molecule has 0 saturated carbocycles.